The molecular formula is C15H14ClF2NO. The second-order valence-electron chi connectivity index (χ2n) is 4.56. The topological polar surface area (TPSA) is 32.3 Å². The summed E-state index contributed by atoms with van der Waals surface area (Å²) in [7, 11) is 0. The molecule has 0 bridgehead atoms. The molecular weight excluding hydrogens is 284 g/mol. The fourth-order valence-electron chi connectivity index (χ4n) is 1.86. The third-order valence-corrected chi connectivity index (χ3v) is 3.31. The van der Waals surface area contributed by atoms with E-state index in [1.807, 2.05) is 19.1 Å². The Morgan fingerprint density at radius 1 is 1.15 bits per heavy atom. The first-order valence-corrected chi connectivity index (χ1v) is 6.51. The van der Waals surface area contributed by atoms with Crippen molar-refractivity contribution in [1.82, 2.24) is 5.32 Å². The van der Waals surface area contributed by atoms with Crippen LogP contribution >= 0.6 is 11.6 Å². The maximum atomic E-state index is 13.2. The molecule has 2 N–H and O–H groups in total. The Morgan fingerprint density at radius 2 is 1.70 bits per heavy atom. The Labute approximate surface area is 121 Å². The summed E-state index contributed by atoms with van der Waals surface area (Å²) < 4.78 is 26.4. The van der Waals surface area contributed by atoms with Crippen LogP contribution < -0.4 is 5.32 Å². The van der Waals surface area contributed by atoms with Crippen LogP contribution in [0.15, 0.2) is 36.4 Å². The van der Waals surface area contributed by atoms with Gasteiger partial charge in [0.25, 0.3) is 0 Å². The molecule has 2 aromatic rings. The molecule has 0 aliphatic rings. The first-order valence-electron chi connectivity index (χ1n) is 6.13. The van der Waals surface area contributed by atoms with E-state index < -0.39 is 17.4 Å². The van der Waals surface area contributed by atoms with Crippen molar-refractivity contribution in [2.24, 2.45) is 0 Å². The lowest BCUT2D eigenvalue weighted by atomic mass is 10.1. The molecule has 0 spiro atoms. The highest BCUT2D eigenvalue weighted by molar-refractivity contribution is 6.30. The van der Waals surface area contributed by atoms with Gasteiger partial charge < -0.3 is 10.4 Å². The SMILES string of the molecule is C[C@H](NCc1cc(F)c(O)c(F)c1)c1ccc(Cl)cc1. The van der Waals surface area contributed by atoms with Crippen molar-refractivity contribution < 1.29 is 13.9 Å². The lowest BCUT2D eigenvalue weighted by molar-refractivity contribution is 0.394. The van der Waals surface area contributed by atoms with E-state index >= 15 is 0 Å². The zero-order chi connectivity index (χ0) is 14.7. The van der Waals surface area contributed by atoms with Crippen molar-refractivity contribution in [3.63, 3.8) is 0 Å². The van der Waals surface area contributed by atoms with Crippen LogP contribution in [0.5, 0.6) is 5.75 Å². The lowest BCUT2D eigenvalue weighted by Crippen LogP contribution is -2.18. The quantitative estimate of drug-likeness (QED) is 0.887. The minimum absolute atomic E-state index is 0.00666. The molecule has 0 saturated heterocycles. The Balaban J connectivity index is 2.03. The molecule has 2 aromatic carbocycles. The van der Waals surface area contributed by atoms with Crippen LogP contribution in [0.25, 0.3) is 0 Å². The molecule has 0 aliphatic heterocycles. The van der Waals surface area contributed by atoms with Crippen LogP contribution in [-0.2, 0) is 6.54 Å². The number of halogens is 3. The third kappa shape index (κ3) is 3.46. The van der Waals surface area contributed by atoms with E-state index in [0.717, 1.165) is 17.7 Å². The van der Waals surface area contributed by atoms with E-state index in [1.165, 1.54) is 0 Å². The summed E-state index contributed by atoms with van der Waals surface area (Å²) in [6, 6.07) is 9.58. The van der Waals surface area contributed by atoms with Gasteiger partial charge in [-0.15, -0.1) is 0 Å². The average molecular weight is 298 g/mol. The van der Waals surface area contributed by atoms with Crippen LogP contribution in [0.4, 0.5) is 8.78 Å². The molecule has 2 rings (SSSR count). The highest BCUT2D eigenvalue weighted by Crippen LogP contribution is 2.22. The Kier molecular flexibility index (Phi) is 4.57. The number of hydrogen-bond acceptors (Lipinski definition) is 2. The van der Waals surface area contributed by atoms with Gasteiger partial charge in [-0.1, -0.05) is 23.7 Å². The third-order valence-electron chi connectivity index (χ3n) is 3.06. The predicted octanol–water partition coefficient (Wildman–Crippen LogP) is 4.17. The van der Waals surface area contributed by atoms with Gasteiger partial charge in [0, 0.05) is 17.6 Å². The zero-order valence-electron chi connectivity index (χ0n) is 10.8. The molecule has 0 saturated carbocycles. The van der Waals surface area contributed by atoms with E-state index in [2.05, 4.69) is 5.32 Å². The van der Waals surface area contributed by atoms with E-state index in [9.17, 15) is 8.78 Å². The Morgan fingerprint density at radius 3 is 2.25 bits per heavy atom. The molecule has 0 unspecified atom stereocenters. The molecule has 106 valence electrons. The Hall–Kier alpha value is -1.65. The van der Waals surface area contributed by atoms with Crippen molar-refractivity contribution in [3.8, 4) is 5.75 Å². The first kappa shape index (κ1) is 14.8. The van der Waals surface area contributed by atoms with Gasteiger partial charge in [0.2, 0.25) is 0 Å². The summed E-state index contributed by atoms with van der Waals surface area (Å²) in [5.41, 5.74) is 1.45. The van der Waals surface area contributed by atoms with E-state index in [4.69, 9.17) is 16.7 Å². The predicted molar refractivity (Wildman–Crippen MR) is 74.7 cm³/mol. The molecule has 0 aromatic heterocycles. The van der Waals surface area contributed by atoms with Crippen LogP contribution in [0, 0.1) is 11.6 Å². The molecule has 0 heterocycles. The van der Waals surface area contributed by atoms with Crippen molar-refractivity contribution in [1.29, 1.82) is 0 Å². The second-order valence-corrected chi connectivity index (χ2v) is 5.00. The van der Waals surface area contributed by atoms with Gasteiger partial charge in [0.05, 0.1) is 0 Å². The maximum Gasteiger partial charge on any atom is 0.187 e. The molecule has 2 nitrogen and oxygen atoms in total. The fraction of sp³-hybridized carbons (Fsp3) is 0.200. The highest BCUT2D eigenvalue weighted by atomic mass is 35.5. The number of phenolic OH excluding ortho intramolecular Hbond substituents is 1. The zero-order valence-corrected chi connectivity index (χ0v) is 11.6. The van der Waals surface area contributed by atoms with Crippen molar-refractivity contribution in [3.05, 3.63) is 64.2 Å². The summed E-state index contributed by atoms with van der Waals surface area (Å²) >= 11 is 5.81. The minimum Gasteiger partial charge on any atom is -0.503 e. The smallest absolute Gasteiger partial charge is 0.187 e. The Bertz CT molecular complexity index is 578. The molecule has 1 atom stereocenters. The monoisotopic (exact) mass is 297 g/mol. The van der Waals surface area contributed by atoms with Gasteiger partial charge in [-0.3, -0.25) is 0 Å². The van der Waals surface area contributed by atoms with Gasteiger partial charge in [-0.25, -0.2) is 8.78 Å². The maximum absolute atomic E-state index is 13.2. The summed E-state index contributed by atoms with van der Waals surface area (Å²) in [6.07, 6.45) is 0. The van der Waals surface area contributed by atoms with Gasteiger partial charge >= 0.3 is 0 Å². The minimum atomic E-state index is -0.957. The fourth-order valence-corrected chi connectivity index (χ4v) is 1.99. The highest BCUT2D eigenvalue weighted by Gasteiger charge is 2.10. The standard InChI is InChI=1S/C15H14ClF2NO/c1-9(11-2-4-12(16)5-3-11)19-8-10-6-13(17)15(20)14(18)7-10/h2-7,9,19-20H,8H2,1H3/t9-/m0/s1. The van der Waals surface area contributed by atoms with E-state index in [-0.39, 0.29) is 12.6 Å². The molecule has 5 heteroatoms. The van der Waals surface area contributed by atoms with E-state index in [0.29, 0.717) is 10.6 Å². The van der Waals surface area contributed by atoms with Gasteiger partial charge in [-0.05, 0) is 42.3 Å². The summed E-state index contributed by atoms with van der Waals surface area (Å²) in [5, 5.41) is 12.8. The lowest BCUT2D eigenvalue weighted by Gasteiger charge is -2.14. The number of benzene rings is 2. The molecule has 20 heavy (non-hydrogen) atoms. The van der Waals surface area contributed by atoms with Crippen molar-refractivity contribution >= 4 is 11.6 Å². The number of rotatable bonds is 4. The van der Waals surface area contributed by atoms with Crippen LogP contribution in [0.1, 0.15) is 24.1 Å². The number of hydrogen-bond donors (Lipinski definition) is 2. The summed E-state index contributed by atoms with van der Waals surface area (Å²) in [5.74, 6) is -2.86. The molecule has 0 aliphatic carbocycles. The van der Waals surface area contributed by atoms with Crippen molar-refractivity contribution in [2.75, 3.05) is 0 Å². The molecule has 0 fully saturated rings. The molecule has 0 amide bonds. The number of phenols is 1. The average Bonchev–Trinajstić information content (AvgIpc) is 2.42. The van der Waals surface area contributed by atoms with Gasteiger partial charge in [0.15, 0.2) is 17.4 Å². The van der Waals surface area contributed by atoms with Crippen LogP contribution in [0.2, 0.25) is 5.02 Å². The molecule has 0 radical (unpaired) electrons. The van der Waals surface area contributed by atoms with E-state index in [1.54, 1.807) is 12.1 Å². The van der Waals surface area contributed by atoms with Crippen LogP contribution in [0.3, 0.4) is 0 Å². The normalized spacial score (nSPS) is 12.4. The van der Waals surface area contributed by atoms with Gasteiger partial charge in [0.1, 0.15) is 0 Å². The largest absolute Gasteiger partial charge is 0.503 e. The van der Waals surface area contributed by atoms with Gasteiger partial charge in [-0.2, -0.15) is 0 Å². The number of nitrogens with one attached hydrogen (secondary N) is 1. The number of aromatic hydroxyl groups is 1. The summed E-state index contributed by atoms with van der Waals surface area (Å²) in [6.45, 7) is 2.23. The second kappa shape index (κ2) is 6.20. The van der Waals surface area contributed by atoms with Crippen LogP contribution in [-0.4, -0.2) is 5.11 Å². The first-order chi connectivity index (χ1) is 9.47. The summed E-state index contributed by atoms with van der Waals surface area (Å²) in [4.78, 5) is 0. The van der Waals surface area contributed by atoms with Crippen molar-refractivity contribution in [2.45, 2.75) is 19.5 Å².